The molecule has 0 unspecified atom stereocenters. The fraction of sp³-hybridized carbons (Fsp3) is 0.400. The molecular formula is C20H22N4O3. The van der Waals surface area contributed by atoms with Gasteiger partial charge in [-0.15, -0.1) is 10.2 Å². The lowest BCUT2D eigenvalue weighted by Crippen LogP contribution is -2.06. The Morgan fingerprint density at radius 1 is 1.30 bits per heavy atom. The van der Waals surface area contributed by atoms with E-state index in [1.165, 1.54) is 7.11 Å². The highest BCUT2D eigenvalue weighted by Crippen LogP contribution is 2.30. The van der Waals surface area contributed by atoms with Gasteiger partial charge in [0.25, 0.3) is 0 Å². The Kier molecular flexibility index (Phi) is 5.87. The second-order valence-corrected chi connectivity index (χ2v) is 6.31. The fourth-order valence-electron chi connectivity index (χ4n) is 3.05. The summed E-state index contributed by atoms with van der Waals surface area (Å²) < 4.78 is 12.6. The van der Waals surface area contributed by atoms with E-state index in [0.29, 0.717) is 22.9 Å². The van der Waals surface area contributed by atoms with Crippen molar-refractivity contribution in [3.63, 3.8) is 0 Å². The van der Waals surface area contributed by atoms with Gasteiger partial charge in [-0.25, -0.2) is 0 Å². The number of hydrogen-bond donors (Lipinski definition) is 0. The predicted molar refractivity (Wildman–Crippen MR) is 100.0 cm³/mol. The van der Waals surface area contributed by atoms with Crippen molar-refractivity contribution in [3.8, 4) is 17.6 Å². The third kappa shape index (κ3) is 4.17. The highest BCUT2D eigenvalue weighted by Gasteiger charge is 2.18. The van der Waals surface area contributed by atoms with Gasteiger partial charge in [-0.1, -0.05) is 19.4 Å². The van der Waals surface area contributed by atoms with E-state index in [2.05, 4.69) is 16.3 Å². The second kappa shape index (κ2) is 8.49. The molecule has 0 spiro atoms. The van der Waals surface area contributed by atoms with E-state index in [4.69, 9.17) is 9.47 Å². The topological polar surface area (TPSA) is 90.0 Å². The Bertz CT molecular complexity index is 908. The van der Waals surface area contributed by atoms with Crippen molar-refractivity contribution in [1.82, 2.24) is 14.8 Å². The summed E-state index contributed by atoms with van der Waals surface area (Å²) in [7, 11) is 1.51. The van der Waals surface area contributed by atoms with Gasteiger partial charge in [-0.2, -0.15) is 5.26 Å². The molecule has 2 heterocycles. The van der Waals surface area contributed by atoms with Crippen LogP contribution in [0.25, 0.3) is 11.6 Å². The minimum absolute atomic E-state index is 0.279. The van der Waals surface area contributed by atoms with E-state index in [1.807, 2.05) is 4.57 Å². The van der Waals surface area contributed by atoms with Crippen LogP contribution in [0.4, 0.5) is 0 Å². The van der Waals surface area contributed by atoms with Crippen LogP contribution in [-0.4, -0.2) is 27.8 Å². The number of carbonyl (C=O) groups is 1. The lowest BCUT2D eigenvalue weighted by atomic mass is 10.1. The minimum atomic E-state index is -0.333. The molecule has 0 saturated heterocycles. The number of nitriles is 1. The van der Waals surface area contributed by atoms with Crippen LogP contribution >= 0.6 is 0 Å². The van der Waals surface area contributed by atoms with Crippen LogP contribution in [0, 0.1) is 11.3 Å². The molecule has 0 bridgehead atoms. The van der Waals surface area contributed by atoms with Crippen molar-refractivity contribution < 1.29 is 14.3 Å². The zero-order valence-electron chi connectivity index (χ0n) is 15.6. The number of aryl methyl sites for hydroxylation is 1. The van der Waals surface area contributed by atoms with Gasteiger partial charge in [0.05, 0.1) is 12.7 Å². The number of fused-ring (bicyclic) bond motifs is 1. The molecule has 0 N–H and O–H groups in total. The minimum Gasteiger partial charge on any atom is -0.493 e. The summed E-state index contributed by atoms with van der Waals surface area (Å²) in [6.07, 6.45) is 6.22. The highest BCUT2D eigenvalue weighted by molar-refractivity contribution is 5.87. The van der Waals surface area contributed by atoms with Crippen molar-refractivity contribution in [2.24, 2.45) is 0 Å². The Morgan fingerprint density at radius 3 is 2.89 bits per heavy atom. The standard InChI is InChI=1S/C20H22N4O3/c1-3-19(25)27-16-9-8-14(12-17(16)26-2)11-15(13-21)20-23-22-18-7-5-4-6-10-24(18)20/h8-9,11-12H,3-7,10H2,1-2H3/b15-11+. The Balaban J connectivity index is 1.94. The first-order valence-corrected chi connectivity index (χ1v) is 9.09. The average molecular weight is 366 g/mol. The molecule has 0 fully saturated rings. The van der Waals surface area contributed by atoms with E-state index >= 15 is 0 Å². The molecule has 140 valence electrons. The third-order valence-corrected chi connectivity index (χ3v) is 4.48. The van der Waals surface area contributed by atoms with Crippen molar-refractivity contribution in [2.75, 3.05) is 7.11 Å². The number of allylic oxidation sites excluding steroid dienone is 1. The number of carbonyl (C=O) groups excluding carboxylic acids is 1. The average Bonchev–Trinajstić information content (AvgIpc) is 2.94. The molecule has 0 atom stereocenters. The molecule has 3 rings (SSSR count). The molecule has 0 aliphatic carbocycles. The van der Waals surface area contributed by atoms with Crippen LogP contribution in [0.5, 0.6) is 11.5 Å². The Hall–Kier alpha value is -3.14. The zero-order chi connectivity index (χ0) is 19.2. The maximum absolute atomic E-state index is 11.5. The molecular weight excluding hydrogens is 344 g/mol. The quantitative estimate of drug-likeness (QED) is 0.458. The van der Waals surface area contributed by atoms with E-state index in [1.54, 1.807) is 31.2 Å². The molecule has 27 heavy (non-hydrogen) atoms. The number of ether oxygens (including phenoxy) is 2. The number of benzene rings is 1. The van der Waals surface area contributed by atoms with Crippen LogP contribution in [-0.2, 0) is 17.8 Å². The first kappa shape index (κ1) is 18.6. The molecule has 0 saturated carbocycles. The highest BCUT2D eigenvalue weighted by atomic mass is 16.6. The summed E-state index contributed by atoms with van der Waals surface area (Å²) in [4.78, 5) is 11.5. The van der Waals surface area contributed by atoms with Crippen LogP contribution in [0.1, 0.15) is 49.8 Å². The van der Waals surface area contributed by atoms with Gasteiger partial charge in [0, 0.05) is 19.4 Å². The summed E-state index contributed by atoms with van der Waals surface area (Å²) in [6.45, 7) is 2.55. The molecule has 0 amide bonds. The molecule has 1 aromatic heterocycles. The molecule has 2 aromatic rings. The van der Waals surface area contributed by atoms with Crippen molar-refractivity contribution >= 4 is 17.6 Å². The summed E-state index contributed by atoms with van der Waals surface area (Å²) in [5.74, 6) is 1.98. The van der Waals surface area contributed by atoms with Crippen LogP contribution < -0.4 is 9.47 Å². The summed E-state index contributed by atoms with van der Waals surface area (Å²) >= 11 is 0. The Labute approximate surface area is 158 Å². The number of nitrogens with zero attached hydrogens (tertiary/aromatic N) is 4. The van der Waals surface area contributed by atoms with Crippen LogP contribution in [0.2, 0.25) is 0 Å². The van der Waals surface area contributed by atoms with Crippen molar-refractivity contribution in [1.29, 1.82) is 5.26 Å². The molecule has 1 aliphatic heterocycles. The molecule has 1 aliphatic rings. The SMILES string of the molecule is CCC(=O)Oc1ccc(/C=C(\C#N)c2nnc3n2CCCCC3)cc1OC. The van der Waals surface area contributed by atoms with E-state index in [9.17, 15) is 10.1 Å². The largest absolute Gasteiger partial charge is 0.493 e. The number of esters is 1. The van der Waals surface area contributed by atoms with E-state index < -0.39 is 0 Å². The number of methoxy groups -OCH3 is 1. The maximum atomic E-state index is 11.5. The molecule has 1 aromatic carbocycles. The van der Waals surface area contributed by atoms with Crippen molar-refractivity contribution in [3.05, 3.63) is 35.4 Å². The number of aromatic nitrogens is 3. The van der Waals surface area contributed by atoms with Gasteiger partial charge in [-0.05, 0) is 36.6 Å². The molecule has 7 nitrogen and oxygen atoms in total. The van der Waals surface area contributed by atoms with Crippen molar-refractivity contribution in [2.45, 2.75) is 45.6 Å². The normalized spacial score (nSPS) is 14.0. The van der Waals surface area contributed by atoms with Gasteiger partial charge in [0.15, 0.2) is 17.3 Å². The molecule has 7 heteroatoms. The summed E-state index contributed by atoms with van der Waals surface area (Å²) in [5.41, 5.74) is 1.20. The summed E-state index contributed by atoms with van der Waals surface area (Å²) in [6, 6.07) is 7.40. The number of rotatable bonds is 5. The summed E-state index contributed by atoms with van der Waals surface area (Å²) in [5, 5.41) is 18.2. The van der Waals surface area contributed by atoms with E-state index in [0.717, 1.165) is 43.6 Å². The fourth-order valence-corrected chi connectivity index (χ4v) is 3.05. The lowest BCUT2D eigenvalue weighted by molar-refractivity contribution is -0.134. The second-order valence-electron chi connectivity index (χ2n) is 6.31. The maximum Gasteiger partial charge on any atom is 0.311 e. The van der Waals surface area contributed by atoms with Gasteiger partial charge >= 0.3 is 5.97 Å². The zero-order valence-corrected chi connectivity index (χ0v) is 15.6. The first-order valence-electron chi connectivity index (χ1n) is 9.09. The van der Waals surface area contributed by atoms with Gasteiger partial charge in [-0.3, -0.25) is 4.79 Å². The first-order chi connectivity index (χ1) is 13.2. The van der Waals surface area contributed by atoms with E-state index in [-0.39, 0.29) is 12.4 Å². The van der Waals surface area contributed by atoms with Gasteiger partial charge < -0.3 is 14.0 Å². The van der Waals surface area contributed by atoms with Gasteiger partial charge in [0.2, 0.25) is 0 Å². The molecule has 0 radical (unpaired) electrons. The predicted octanol–water partition coefficient (Wildman–Crippen LogP) is 3.39. The Morgan fingerprint density at radius 2 is 2.15 bits per heavy atom. The third-order valence-electron chi connectivity index (χ3n) is 4.48. The van der Waals surface area contributed by atoms with Gasteiger partial charge in [0.1, 0.15) is 11.9 Å². The van der Waals surface area contributed by atoms with Crippen LogP contribution in [0.15, 0.2) is 18.2 Å². The smallest absolute Gasteiger partial charge is 0.311 e. The number of hydrogen-bond acceptors (Lipinski definition) is 6. The lowest BCUT2D eigenvalue weighted by Gasteiger charge is -2.10. The van der Waals surface area contributed by atoms with Crippen LogP contribution in [0.3, 0.4) is 0 Å². The monoisotopic (exact) mass is 366 g/mol.